The highest BCUT2D eigenvalue weighted by Crippen LogP contribution is 2.20. The Labute approximate surface area is 141 Å². The number of carbonyl (C=O) groups is 1. The summed E-state index contributed by atoms with van der Waals surface area (Å²) in [5.41, 5.74) is 6.52. The largest absolute Gasteiger partial charge is 0.374 e. The normalized spacial score (nSPS) is 12.2. The summed E-state index contributed by atoms with van der Waals surface area (Å²) in [6.07, 6.45) is 1.62. The van der Waals surface area contributed by atoms with Crippen LogP contribution in [0, 0.1) is 13.8 Å². The Bertz CT molecular complexity index is 711. The average molecular weight is 330 g/mol. The van der Waals surface area contributed by atoms with Gasteiger partial charge in [-0.15, -0.1) is 0 Å². The SMILES string of the molecule is Cc1ccc(C=NNC(=O)C(C)Nc2ccc(Cl)cc2C)cc1. The first kappa shape index (κ1) is 17.0. The smallest absolute Gasteiger partial charge is 0.262 e. The first-order chi connectivity index (χ1) is 11.0. The van der Waals surface area contributed by atoms with Crippen LogP contribution >= 0.6 is 11.6 Å². The molecule has 1 unspecified atom stereocenters. The molecule has 0 fully saturated rings. The van der Waals surface area contributed by atoms with Crippen LogP contribution in [0.25, 0.3) is 0 Å². The molecule has 23 heavy (non-hydrogen) atoms. The van der Waals surface area contributed by atoms with E-state index in [1.165, 1.54) is 5.56 Å². The lowest BCUT2D eigenvalue weighted by molar-refractivity contribution is -0.121. The third-order valence-corrected chi connectivity index (χ3v) is 3.65. The van der Waals surface area contributed by atoms with Crippen molar-refractivity contribution in [3.8, 4) is 0 Å². The highest BCUT2D eigenvalue weighted by Gasteiger charge is 2.12. The third-order valence-electron chi connectivity index (χ3n) is 3.42. The van der Waals surface area contributed by atoms with Gasteiger partial charge in [0.25, 0.3) is 5.91 Å². The fourth-order valence-electron chi connectivity index (χ4n) is 2.01. The third kappa shape index (κ3) is 5.11. The zero-order chi connectivity index (χ0) is 16.8. The molecule has 0 aromatic heterocycles. The monoisotopic (exact) mass is 329 g/mol. The van der Waals surface area contributed by atoms with Crippen LogP contribution in [0.3, 0.4) is 0 Å². The number of anilines is 1. The molecule has 0 heterocycles. The Hall–Kier alpha value is -2.33. The van der Waals surface area contributed by atoms with Crippen LogP contribution in [0.4, 0.5) is 5.69 Å². The number of nitrogens with one attached hydrogen (secondary N) is 2. The molecule has 2 aromatic rings. The highest BCUT2D eigenvalue weighted by atomic mass is 35.5. The van der Waals surface area contributed by atoms with Gasteiger partial charge in [-0.05, 0) is 50.1 Å². The predicted molar refractivity (Wildman–Crippen MR) is 96.2 cm³/mol. The summed E-state index contributed by atoms with van der Waals surface area (Å²) >= 11 is 5.93. The van der Waals surface area contributed by atoms with Crippen molar-refractivity contribution in [1.82, 2.24) is 5.43 Å². The van der Waals surface area contributed by atoms with E-state index in [1.54, 1.807) is 19.2 Å². The van der Waals surface area contributed by atoms with Crippen LogP contribution < -0.4 is 10.7 Å². The second kappa shape index (κ2) is 7.79. The number of nitrogens with zero attached hydrogens (tertiary/aromatic N) is 1. The zero-order valence-electron chi connectivity index (χ0n) is 13.4. The van der Waals surface area contributed by atoms with Crippen LogP contribution in [0.15, 0.2) is 47.6 Å². The van der Waals surface area contributed by atoms with Gasteiger partial charge in [-0.25, -0.2) is 5.43 Å². The molecule has 0 radical (unpaired) electrons. The quantitative estimate of drug-likeness (QED) is 0.645. The van der Waals surface area contributed by atoms with E-state index in [1.807, 2.05) is 50.2 Å². The molecule has 0 saturated carbocycles. The molecule has 4 nitrogen and oxygen atoms in total. The van der Waals surface area contributed by atoms with E-state index >= 15 is 0 Å². The summed E-state index contributed by atoms with van der Waals surface area (Å²) in [6, 6.07) is 13.0. The van der Waals surface area contributed by atoms with Crippen molar-refractivity contribution in [2.75, 3.05) is 5.32 Å². The maximum Gasteiger partial charge on any atom is 0.262 e. The number of benzene rings is 2. The average Bonchev–Trinajstić information content (AvgIpc) is 2.51. The van der Waals surface area contributed by atoms with Crippen molar-refractivity contribution < 1.29 is 4.79 Å². The van der Waals surface area contributed by atoms with Gasteiger partial charge in [0, 0.05) is 10.7 Å². The standard InChI is InChI=1S/C18H20ClN3O/c1-12-4-6-15(7-5-12)11-20-22-18(23)14(3)21-17-9-8-16(19)10-13(17)2/h4-11,14,21H,1-3H3,(H,22,23). The first-order valence-corrected chi connectivity index (χ1v) is 7.76. The second-order valence-corrected chi connectivity index (χ2v) is 5.91. The summed E-state index contributed by atoms with van der Waals surface area (Å²) in [6.45, 7) is 5.74. The first-order valence-electron chi connectivity index (χ1n) is 7.38. The summed E-state index contributed by atoms with van der Waals surface area (Å²) < 4.78 is 0. The number of hydrogen-bond acceptors (Lipinski definition) is 3. The van der Waals surface area contributed by atoms with Crippen molar-refractivity contribution in [3.05, 3.63) is 64.2 Å². The zero-order valence-corrected chi connectivity index (χ0v) is 14.2. The van der Waals surface area contributed by atoms with Crippen molar-refractivity contribution in [2.24, 2.45) is 5.10 Å². The molecule has 5 heteroatoms. The Morgan fingerprint density at radius 1 is 1.17 bits per heavy atom. The minimum atomic E-state index is -0.412. The second-order valence-electron chi connectivity index (χ2n) is 5.47. The summed E-state index contributed by atoms with van der Waals surface area (Å²) in [5, 5.41) is 7.81. The number of hydrazone groups is 1. The molecule has 1 amide bonds. The van der Waals surface area contributed by atoms with E-state index in [2.05, 4.69) is 15.8 Å². The van der Waals surface area contributed by atoms with Gasteiger partial charge in [0.15, 0.2) is 0 Å². The van der Waals surface area contributed by atoms with E-state index in [0.29, 0.717) is 5.02 Å². The van der Waals surface area contributed by atoms with Crippen LogP contribution in [-0.2, 0) is 4.79 Å². The minimum Gasteiger partial charge on any atom is -0.374 e. The van der Waals surface area contributed by atoms with E-state index in [4.69, 9.17) is 11.6 Å². The number of amides is 1. The molecule has 2 rings (SSSR count). The molecule has 0 bridgehead atoms. The Morgan fingerprint density at radius 3 is 2.52 bits per heavy atom. The lowest BCUT2D eigenvalue weighted by Gasteiger charge is -2.15. The molecular weight excluding hydrogens is 310 g/mol. The maximum atomic E-state index is 12.1. The molecule has 1 atom stereocenters. The van der Waals surface area contributed by atoms with Gasteiger partial charge in [0.2, 0.25) is 0 Å². The number of rotatable bonds is 5. The molecule has 2 aromatic carbocycles. The Kier molecular flexibility index (Phi) is 5.77. The Morgan fingerprint density at radius 2 is 1.87 bits per heavy atom. The van der Waals surface area contributed by atoms with E-state index in [0.717, 1.165) is 16.8 Å². The van der Waals surface area contributed by atoms with Crippen molar-refractivity contribution in [1.29, 1.82) is 0 Å². The van der Waals surface area contributed by atoms with Gasteiger partial charge in [0.05, 0.1) is 6.21 Å². The summed E-state index contributed by atoms with van der Waals surface area (Å²) in [7, 11) is 0. The Balaban J connectivity index is 1.90. The van der Waals surface area contributed by atoms with E-state index in [9.17, 15) is 4.79 Å². The van der Waals surface area contributed by atoms with Gasteiger partial charge < -0.3 is 5.32 Å². The fourth-order valence-corrected chi connectivity index (χ4v) is 2.23. The van der Waals surface area contributed by atoms with Crippen molar-refractivity contribution in [3.63, 3.8) is 0 Å². The highest BCUT2D eigenvalue weighted by molar-refractivity contribution is 6.30. The molecule has 0 aliphatic heterocycles. The van der Waals surface area contributed by atoms with Crippen LogP contribution in [0.5, 0.6) is 0 Å². The van der Waals surface area contributed by atoms with Crippen molar-refractivity contribution >= 4 is 29.4 Å². The molecular formula is C18H20ClN3O. The number of halogens is 1. The topological polar surface area (TPSA) is 53.5 Å². The molecule has 0 aliphatic carbocycles. The molecule has 0 aliphatic rings. The van der Waals surface area contributed by atoms with Gasteiger partial charge in [-0.3, -0.25) is 4.79 Å². The van der Waals surface area contributed by atoms with Crippen molar-refractivity contribution in [2.45, 2.75) is 26.8 Å². The maximum absolute atomic E-state index is 12.1. The van der Waals surface area contributed by atoms with Crippen LogP contribution in [0.1, 0.15) is 23.6 Å². The number of carbonyl (C=O) groups excluding carboxylic acids is 1. The molecule has 0 spiro atoms. The summed E-state index contributed by atoms with van der Waals surface area (Å²) in [4.78, 5) is 12.1. The van der Waals surface area contributed by atoms with Gasteiger partial charge >= 0.3 is 0 Å². The lowest BCUT2D eigenvalue weighted by Crippen LogP contribution is -2.35. The van der Waals surface area contributed by atoms with E-state index in [-0.39, 0.29) is 5.91 Å². The van der Waals surface area contributed by atoms with Crippen LogP contribution in [0.2, 0.25) is 5.02 Å². The van der Waals surface area contributed by atoms with Gasteiger partial charge in [-0.2, -0.15) is 5.10 Å². The summed E-state index contributed by atoms with van der Waals surface area (Å²) in [5.74, 6) is -0.206. The fraction of sp³-hybridized carbons (Fsp3) is 0.222. The van der Waals surface area contributed by atoms with Gasteiger partial charge in [-0.1, -0.05) is 41.4 Å². The molecule has 2 N–H and O–H groups in total. The number of aryl methyl sites for hydroxylation is 2. The lowest BCUT2D eigenvalue weighted by atomic mass is 10.2. The van der Waals surface area contributed by atoms with Gasteiger partial charge in [0.1, 0.15) is 6.04 Å². The van der Waals surface area contributed by atoms with Crippen LogP contribution in [-0.4, -0.2) is 18.2 Å². The number of hydrogen-bond donors (Lipinski definition) is 2. The molecule has 120 valence electrons. The van der Waals surface area contributed by atoms with E-state index < -0.39 is 6.04 Å². The predicted octanol–water partition coefficient (Wildman–Crippen LogP) is 3.91. The molecule has 0 saturated heterocycles. The minimum absolute atomic E-state index is 0.206.